The van der Waals surface area contributed by atoms with Crippen molar-refractivity contribution >= 4 is 11.6 Å². The maximum Gasteiger partial charge on any atom is 0.224 e. The van der Waals surface area contributed by atoms with E-state index in [1.807, 2.05) is 43.5 Å². The van der Waals surface area contributed by atoms with Gasteiger partial charge in [0.1, 0.15) is 0 Å². The Morgan fingerprint density at radius 1 is 1.45 bits per heavy atom. The molecular weight excluding hydrogens is 252 g/mol. The molecule has 0 aliphatic heterocycles. The maximum atomic E-state index is 11.9. The fourth-order valence-electron chi connectivity index (χ4n) is 2.02. The van der Waals surface area contributed by atoms with Crippen LogP contribution < -0.4 is 11.1 Å². The standard InChI is InChI=1S/C15H20N4O/c1-2-12(11-16)9-15(20)18-13-5-3-6-14(10-13)19-8-4-7-17-19/h3-8,10,12H,2,9,11,16H2,1H3,(H,18,20). The summed E-state index contributed by atoms with van der Waals surface area (Å²) in [6.07, 6.45) is 4.96. The van der Waals surface area contributed by atoms with Crippen LogP contribution in [-0.2, 0) is 4.79 Å². The molecule has 1 heterocycles. The molecule has 0 radical (unpaired) electrons. The van der Waals surface area contributed by atoms with Crippen LogP contribution >= 0.6 is 0 Å². The second kappa shape index (κ2) is 6.86. The van der Waals surface area contributed by atoms with Gasteiger partial charge >= 0.3 is 0 Å². The average Bonchev–Trinajstić information content (AvgIpc) is 2.99. The summed E-state index contributed by atoms with van der Waals surface area (Å²) in [5, 5.41) is 7.08. The topological polar surface area (TPSA) is 72.9 Å². The molecule has 1 unspecified atom stereocenters. The van der Waals surface area contributed by atoms with Crippen molar-refractivity contribution in [1.82, 2.24) is 9.78 Å². The smallest absolute Gasteiger partial charge is 0.224 e. The van der Waals surface area contributed by atoms with Crippen LogP contribution in [0.15, 0.2) is 42.7 Å². The number of benzene rings is 1. The summed E-state index contributed by atoms with van der Waals surface area (Å²) in [7, 11) is 0. The second-order valence-corrected chi connectivity index (χ2v) is 4.76. The van der Waals surface area contributed by atoms with Gasteiger partial charge in [0.15, 0.2) is 0 Å². The third-order valence-corrected chi connectivity index (χ3v) is 3.28. The highest BCUT2D eigenvalue weighted by molar-refractivity contribution is 5.91. The number of hydrogen-bond donors (Lipinski definition) is 2. The van der Waals surface area contributed by atoms with E-state index in [0.29, 0.717) is 13.0 Å². The molecule has 0 saturated carbocycles. The van der Waals surface area contributed by atoms with Crippen LogP contribution in [0.1, 0.15) is 19.8 Å². The average molecular weight is 272 g/mol. The van der Waals surface area contributed by atoms with E-state index in [9.17, 15) is 4.79 Å². The van der Waals surface area contributed by atoms with Gasteiger partial charge in [0, 0.05) is 24.5 Å². The lowest BCUT2D eigenvalue weighted by atomic mass is 10.0. The summed E-state index contributed by atoms with van der Waals surface area (Å²) in [6, 6.07) is 9.46. The number of nitrogens with one attached hydrogen (secondary N) is 1. The molecule has 0 aliphatic rings. The van der Waals surface area contributed by atoms with Crippen LogP contribution in [0.5, 0.6) is 0 Å². The summed E-state index contributed by atoms with van der Waals surface area (Å²) in [4.78, 5) is 11.9. The lowest BCUT2D eigenvalue weighted by Crippen LogP contribution is -2.21. The Bertz CT molecular complexity index is 547. The minimum Gasteiger partial charge on any atom is -0.330 e. The van der Waals surface area contributed by atoms with Gasteiger partial charge in [0.2, 0.25) is 5.91 Å². The first-order valence-electron chi connectivity index (χ1n) is 6.83. The molecule has 1 amide bonds. The molecule has 0 fully saturated rings. The molecule has 3 N–H and O–H groups in total. The molecule has 20 heavy (non-hydrogen) atoms. The molecule has 106 valence electrons. The summed E-state index contributed by atoms with van der Waals surface area (Å²) in [5.74, 6) is 0.240. The largest absolute Gasteiger partial charge is 0.330 e. The van der Waals surface area contributed by atoms with Gasteiger partial charge in [-0.05, 0) is 36.7 Å². The number of nitrogens with zero attached hydrogens (tertiary/aromatic N) is 2. The van der Waals surface area contributed by atoms with E-state index < -0.39 is 0 Å². The minimum atomic E-state index is -0.0000784. The van der Waals surface area contributed by atoms with Crippen LogP contribution in [0.3, 0.4) is 0 Å². The Balaban J connectivity index is 2.03. The molecular formula is C15H20N4O. The van der Waals surface area contributed by atoms with E-state index >= 15 is 0 Å². The number of nitrogens with two attached hydrogens (primary N) is 1. The molecule has 2 aromatic rings. The van der Waals surface area contributed by atoms with Gasteiger partial charge in [0.25, 0.3) is 0 Å². The predicted molar refractivity (Wildman–Crippen MR) is 79.6 cm³/mol. The van der Waals surface area contributed by atoms with Crippen LogP contribution in [-0.4, -0.2) is 22.2 Å². The zero-order valence-electron chi connectivity index (χ0n) is 11.6. The summed E-state index contributed by atoms with van der Waals surface area (Å²) < 4.78 is 1.75. The van der Waals surface area contributed by atoms with E-state index in [1.54, 1.807) is 10.9 Å². The molecule has 0 bridgehead atoms. The third-order valence-electron chi connectivity index (χ3n) is 3.28. The number of carbonyl (C=O) groups is 1. The van der Waals surface area contributed by atoms with E-state index in [2.05, 4.69) is 10.4 Å². The van der Waals surface area contributed by atoms with E-state index in [0.717, 1.165) is 17.8 Å². The SMILES string of the molecule is CCC(CN)CC(=O)Nc1cccc(-n2cccn2)c1. The number of carbonyl (C=O) groups excluding carboxylic acids is 1. The summed E-state index contributed by atoms with van der Waals surface area (Å²) >= 11 is 0. The lowest BCUT2D eigenvalue weighted by Gasteiger charge is -2.12. The van der Waals surface area contributed by atoms with E-state index in [-0.39, 0.29) is 11.8 Å². The van der Waals surface area contributed by atoms with Crippen molar-refractivity contribution in [3.8, 4) is 5.69 Å². The van der Waals surface area contributed by atoms with Crippen LogP contribution in [0.4, 0.5) is 5.69 Å². The van der Waals surface area contributed by atoms with E-state index in [4.69, 9.17) is 5.73 Å². The Labute approximate surface area is 118 Å². The van der Waals surface area contributed by atoms with Gasteiger partial charge < -0.3 is 11.1 Å². The summed E-state index contributed by atoms with van der Waals surface area (Å²) in [5.41, 5.74) is 7.31. The highest BCUT2D eigenvalue weighted by Gasteiger charge is 2.10. The van der Waals surface area contributed by atoms with Gasteiger partial charge in [-0.2, -0.15) is 5.10 Å². The van der Waals surface area contributed by atoms with Crippen molar-refractivity contribution in [2.24, 2.45) is 11.7 Å². The Kier molecular flexibility index (Phi) is 4.90. The fourth-order valence-corrected chi connectivity index (χ4v) is 2.02. The van der Waals surface area contributed by atoms with Crippen molar-refractivity contribution in [3.63, 3.8) is 0 Å². The molecule has 0 spiro atoms. The monoisotopic (exact) mass is 272 g/mol. The Morgan fingerprint density at radius 3 is 2.95 bits per heavy atom. The minimum absolute atomic E-state index is 0.0000784. The Morgan fingerprint density at radius 2 is 2.30 bits per heavy atom. The van der Waals surface area contributed by atoms with Crippen LogP contribution in [0.2, 0.25) is 0 Å². The number of rotatable bonds is 6. The number of anilines is 1. The number of hydrogen-bond acceptors (Lipinski definition) is 3. The molecule has 5 heteroatoms. The molecule has 1 aromatic heterocycles. The van der Waals surface area contributed by atoms with Gasteiger partial charge in [-0.25, -0.2) is 4.68 Å². The zero-order valence-corrected chi connectivity index (χ0v) is 11.6. The lowest BCUT2D eigenvalue weighted by molar-refractivity contribution is -0.117. The first-order chi connectivity index (χ1) is 9.72. The molecule has 0 saturated heterocycles. The van der Waals surface area contributed by atoms with Gasteiger partial charge in [-0.3, -0.25) is 4.79 Å². The van der Waals surface area contributed by atoms with Crippen LogP contribution in [0.25, 0.3) is 5.69 Å². The van der Waals surface area contributed by atoms with Crippen molar-refractivity contribution in [1.29, 1.82) is 0 Å². The predicted octanol–water partition coefficient (Wildman–Crippen LogP) is 2.19. The van der Waals surface area contributed by atoms with Crippen molar-refractivity contribution in [2.45, 2.75) is 19.8 Å². The first-order valence-corrected chi connectivity index (χ1v) is 6.83. The van der Waals surface area contributed by atoms with E-state index in [1.165, 1.54) is 0 Å². The first kappa shape index (κ1) is 14.3. The van der Waals surface area contributed by atoms with Gasteiger partial charge in [-0.15, -0.1) is 0 Å². The quantitative estimate of drug-likeness (QED) is 0.846. The molecule has 0 aliphatic carbocycles. The molecule has 5 nitrogen and oxygen atoms in total. The zero-order chi connectivity index (χ0) is 14.4. The fraction of sp³-hybridized carbons (Fsp3) is 0.333. The second-order valence-electron chi connectivity index (χ2n) is 4.76. The highest BCUT2D eigenvalue weighted by atomic mass is 16.1. The van der Waals surface area contributed by atoms with Crippen molar-refractivity contribution < 1.29 is 4.79 Å². The number of aromatic nitrogens is 2. The molecule has 1 atom stereocenters. The van der Waals surface area contributed by atoms with Crippen molar-refractivity contribution in [2.75, 3.05) is 11.9 Å². The van der Waals surface area contributed by atoms with Crippen molar-refractivity contribution in [3.05, 3.63) is 42.7 Å². The maximum absolute atomic E-state index is 11.9. The summed E-state index contributed by atoms with van der Waals surface area (Å²) in [6.45, 7) is 2.58. The Hall–Kier alpha value is -2.14. The number of amides is 1. The van der Waals surface area contributed by atoms with Crippen LogP contribution in [0, 0.1) is 5.92 Å². The van der Waals surface area contributed by atoms with Gasteiger partial charge in [-0.1, -0.05) is 19.4 Å². The molecule has 1 aromatic carbocycles. The highest BCUT2D eigenvalue weighted by Crippen LogP contribution is 2.15. The molecule has 2 rings (SSSR count). The normalized spacial score (nSPS) is 12.1. The van der Waals surface area contributed by atoms with Gasteiger partial charge in [0.05, 0.1) is 5.69 Å². The third kappa shape index (κ3) is 3.68.